The van der Waals surface area contributed by atoms with Crippen LogP contribution in [0.1, 0.15) is 26.2 Å². The van der Waals surface area contributed by atoms with E-state index in [0.717, 1.165) is 5.75 Å². The van der Waals surface area contributed by atoms with Gasteiger partial charge in [0.05, 0.1) is 7.11 Å². The van der Waals surface area contributed by atoms with Gasteiger partial charge in [0, 0.05) is 0 Å². The highest BCUT2D eigenvalue weighted by molar-refractivity contribution is 9.40. The molecule has 1 aromatic rings. The number of ether oxygens (including phenoxy) is 1. The van der Waals surface area contributed by atoms with Crippen molar-refractivity contribution < 1.29 is 4.74 Å². The first-order valence-electron chi connectivity index (χ1n) is 5.35. The van der Waals surface area contributed by atoms with Crippen molar-refractivity contribution in [1.82, 2.24) is 0 Å². The predicted molar refractivity (Wildman–Crippen MR) is 72.9 cm³/mol. The van der Waals surface area contributed by atoms with E-state index in [2.05, 4.69) is 34.5 Å². The smallest absolute Gasteiger partial charge is 0.118 e. The zero-order chi connectivity index (χ0) is 11.1. The highest BCUT2D eigenvalue weighted by Gasteiger charge is 2.06. The molecule has 0 fully saturated rings. The van der Waals surface area contributed by atoms with Crippen molar-refractivity contribution in [2.45, 2.75) is 26.2 Å². The minimum Gasteiger partial charge on any atom is -0.497 e. The predicted octanol–water partition coefficient (Wildman–Crippen LogP) is 4.30. The zero-order valence-corrected chi connectivity index (χ0v) is 11.9. The third kappa shape index (κ3) is 4.53. The van der Waals surface area contributed by atoms with Gasteiger partial charge in [-0.1, -0.05) is 47.4 Å². The Bertz CT molecular complexity index is 273. The molecule has 0 radical (unpaired) electrons. The maximum absolute atomic E-state index is 5.14. The molecule has 0 bridgehead atoms. The van der Waals surface area contributed by atoms with Crippen LogP contribution in [0.3, 0.4) is 0 Å². The number of hydrogen-bond acceptors (Lipinski definition) is 1. The Kier molecular flexibility index (Phi) is 6.28. The molecule has 0 aliphatic rings. The molecule has 3 heteroatoms. The van der Waals surface area contributed by atoms with E-state index in [1.165, 1.54) is 30.7 Å². The fraction of sp³-hybridized carbons (Fsp3) is 0.500. The molecule has 1 atom stereocenters. The Balaban J connectivity index is 2.46. The fourth-order valence-corrected chi connectivity index (χ4v) is 4.07. The third-order valence-corrected chi connectivity index (χ3v) is 6.17. The van der Waals surface area contributed by atoms with Crippen molar-refractivity contribution in [3.63, 3.8) is 0 Å². The molecule has 1 rings (SSSR count). The first-order chi connectivity index (χ1) is 7.27. The van der Waals surface area contributed by atoms with Crippen LogP contribution in [-0.2, 0) is 0 Å². The van der Waals surface area contributed by atoms with Gasteiger partial charge in [-0.3, -0.25) is 0 Å². The third-order valence-electron chi connectivity index (χ3n) is 2.31. The Hall–Kier alpha value is -0.0700. The molecule has 15 heavy (non-hydrogen) atoms. The van der Waals surface area contributed by atoms with E-state index < -0.39 is 0 Å². The van der Waals surface area contributed by atoms with Crippen LogP contribution in [0.25, 0.3) is 0 Å². The monoisotopic (exact) mass is 288 g/mol. The summed E-state index contributed by atoms with van der Waals surface area (Å²) in [5.74, 6) is 0.934. The van der Waals surface area contributed by atoms with Crippen molar-refractivity contribution in [3.8, 4) is 5.75 Å². The number of rotatable bonds is 6. The summed E-state index contributed by atoms with van der Waals surface area (Å²) in [7, 11) is 1.70. The largest absolute Gasteiger partial charge is 0.497 e. The Morgan fingerprint density at radius 1 is 1.20 bits per heavy atom. The van der Waals surface area contributed by atoms with E-state index in [1.54, 1.807) is 7.11 Å². The molecule has 1 nitrogen and oxygen atoms in total. The molecule has 0 aromatic heterocycles. The zero-order valence-electron chi connectivity index (χ0n) is 9.37. The molecule has 1 aromatic carbocycles. The minimum atomic E-state index is -0.148. The van der Waals surface area contributed by atoms with Gasteiger partial charge >= 0.3 is 0 Å². The Morgan fingerprint density at radius 3 is 2.40 bits per heavy atom. The standard InChI is InChI=1S/C12H18BrOP/c1-3-4-5-10-15(13)12-8-6-11(14-2)7-9-12/h6-9H,3-5,10H2,1-2H3. The molecule has 0 N–H and O–H groups in total. The summed E-state index contributed by atoms with van der Waals surface area (Å²) >= 11 is 3.79. The fourth-order valence-electron chi connectivity index (χ4n) is 1.37. The highest BCUT2D eigenvalue weighted by Crippen LogP contribution is 2.43. The average Bonchev–Trinajstić information content (AvgIpc) is 2.29. The maximum atomic E-state index is 5.14. The molecule has 0 heterocycles. The summed E-state index contributed by atoms with van der Waals surface area (Å²) in [6, 6.07) is 8.38. The van der Waals surface area contributed by atoms with Crippen molar-refractivity contribution in [1.29, 1.82) is 0 Å². The van der Waals surface area contributed by atoms with Gasteiger partial charge in [-0.25, -0.2) is 0 Å². The van der Waals surface area contributed by atoms with Crippen molar-refractivity contribution >= 4 is 27.4 Å². The van der Waals surface area contributed by atoms with Gasteiger partial charge in [0.15, 0.2) is 0 Å². The molecule has 0 saturated heterocycles. The van der Waals surface area contributed by atoms with Crippen molar-refractivity contribution in [3.05, 3.63) is 24.3 Å². The summed E-state index contributed by atoms with van der Waals surface area (Å²) in [5.41, 5.74) is 0. The molecular formula is C12H18BrOP. The van der Waals surface area contributed by atoms with E-state index in [-0.39, 0.29) is 6.62 Å². The lowest BCUT2D eigenvalue weighted by Gasteiger charge is -2.10. The molecule has 84 valence electrons. The van der Waals surface area contributed by atoms with Gasteiger partial charge < -0.3 is 4.74 Å². The number of benzene rings is 1. The quantitative estimate of drug-likeness (QED) is 0.560. The Labute approximate surface area is 102 Å². The second-order valence-electron chi connectivity index (χ2n) is 3.49. The highest BCUT2D eigenvalue weighted by atomic mass is 79.9. The lowest BCUT2D eigenvalue weighted by Crippen LogP contribution is -1.99. The SMILES string of the molecule is CCCCCP(Br)c1ccc(OC)cc1. The first-order valence-corrected chi connectivity index (χ1v) is 8.90. The number of methoxy groups -OCH3 is 1. The molecule has 0 spiro atoms. The van der Waals surface area contributed by atoms with Crippen LogP contribution in [0, 0.1) is 0 Å². The van der Waals surface area contributed by atoms with Crippen LogP contribution in [0.2, 0.25) is 0 Å². The normalized spacial score (nSPS) is 12.5. The van der Waals surface area contributed by atoms with Crippen molar-refractivity contribution in [2.75, 3.05) is 13.3 Å². The van der Waals surface area contributed by atoms with E-state index >= 15 is 0 Å². The number of hydrogen-bond donors (Lipinski definition) is 0. The van der Waals surface area contributed by atoms with E-state index in [4.69, 9.17) is 4.74 Å². The summed E-state index contributed by atoms with van der Waals surface area (Å²) in [6.45, 7) is 2.09. The molecule has 0 amide bonds. The van der Waals surface area contributed by atoms with Crippen LogP contribution < -0.4 is 10.0 Å². The van der Waals surface area contributed by atoms with Gasteiger partial charge in [-0.15, -0.1) is 0 Å². The summed E-state index contributed by atoms with van der Waals surface area (Å²) in [5, 5.41) is 1.40. The van der Waals surface area contributed by atoms with Crippen molar-refractivity contribution in [2.24, 2.45) is 0 Å². The second kappa shape index (κ2) is 7.24. The van der Waals surface area contributed by atoms with Crippen LogP contribution in [-0.4, -0.2) is 13.3 Å². The number of halogens is 1. The lowest BCUT2D eigenvalue weighted by molar-refractivity contribution is 0.415. The summed E-state index contributed by atoms with van der Waals surface area (Å²) < 4.78 is 5.14. The second-order valence-corrected chi connectivity index (χ2v) is 7.75. The van der Waals surface area contributed by atoms with Crippen LogP contribution in [0.15, 0.2) is 24.3 Å². The molecule has 0 aliphatic heterocycles. The molecule has 0 aliphatic carbocycles. The minimum absolute atomic E-state index is 0.148. The van der Waals surface area contributed by atoms with Gasteiger partial charge in [0.1, 0.15) is 5.75 Å². The van der Waals surface area contributed by atoms with E-state index in [9.17, 15) is 0 Å². The number of unbranched alkanes of at least 4 members (excludes halogenated alkanes) is 2. The molecule has 1 unspecified atom stereocenters. The lowest BCUT2D eigenvalue weighted by atomic mass is 10.3. The topological polar surface area (TPSA) is 9.23 Å². The average molecular weight is 289 g/mol. The van der Waals surface area contributed by atoms with Gasteiger partial charge in [0.25, 0.3) is 0 Å². The van der Waals surface area contributed by atoms with E-state index in [0.29, 0.717) is 0 Å². The van der Waals surface area contributed by atoms with Gasteiger partial charge in [0.2, 0.25) is 0 Å². The maximum Gasteiger partial charge on any atom is 0.118 e. The van der Waals surface area contributed by atoms with Crippen LogP contribution >= 0.6 is 22.1 Å². The van der Waals surface area contributed by atoms with Crippen LogP contribution in [0.4, 0.5) is 0 Å². The first kappa shape index (κ1) is 13.0. The summed E-state index contributed by atoms with van der Waals surface area (Å²) in [4.78, 5) is 0. The van der Waals surface area contributed by atoms with Crippen LogP contribution in [0.5, 0.6) is 5.75 Å². The summed E-state index contributed by atoms with van der Waals surface area (Å²) in [6.07, 6.45) is 5.22. The van der Waals surface area contributed by atoms with E-state index in [1.807, 2.05) is 12.1 Å². The molecular weight excluding hydrogens is 271 g/mol. The van der Waals surface area contributed by atoms with Gasteiger partial charge in [-0.2, -0.15) is 0 Å². The molecule has 0 saturated carbocycles. The van der Waals surface area contributed by atoms with Gasteiger partial charge in [-0.05, 0) is 36.6 Å². The Morgan fingerprint density at radius 2 is 1.87 bits per heavy atom.